The highest BCUT2D eigenvalue weighted by molar-refractivity contribution is 6.74. The number of fused-ring (bicyclic) bond motifs is 1. The first kappa shape index (κ1) is 41.5. The molecule has 0 bridgehead atoms. The van der Waals surface area contributed by atoms with E-state index in [1.807, 2.05) is 30.3 Å². The van der Waals surface area contributed by atoms with E-state index in [2.05, 4.69) is 99.8 Å². The van der Waals surface area contributed by atoms with Crippen LogP contribution in [0, 0.1) is 17.8 Å². The van der Waals surface area contributed by atoms with Gasteiger partial charge in [-0.1, -0.05) is 98.2 Å². The second-order valence-corrected chi connectivity index (χ2v) is 27.9. The minimum atomic E-state index is -2.11. The molecule has 8 atom stereocenters. The number of carbonyl (C=O) groups excluding carboxylic acids is 2. The maximum absolute atomic E-state index is 14.1. The van der Waals surface area contributed by atoms with Crippen LogP contribution in [0.25, 0.3) is 0 Å². The number of hydrogen-bond donors (Lipinski definition) is 0. The molecule has 51 heavy (non-hydrogen) atoms. The van der Waals surface area contributed by atoms with Crippen LogP contribution in [0.3, 0.4) is 0 Å². The second kappa shape index (κ2) is 16.9. The van der Waals surface area contributed by atoms with Crippen LogP contribution in [0.4, 0.5) is 0 Å². The smallest absolute Gasteiger partial charge is 0.347 e. The van der Waals surface area contributed by atoms with E-state index >= 15 is 0 Å². The number of unbranched alkanes of at least 4 members (excludes halogenated alkanes) is 1. The Kier molecular flexibility index (Phi) is 13.7. The lowest BCUT2D eigenvalue weighted by molar-refractivity contribution is -0.164. The largest absolute Gasteiger partial charge is 0.479 e. The summed E-state index contributed by atoms with van der Waals surface area (Å²) in [5.74, 6) is 0.675. The third-order valence-corrected chi connectivity index (χ3v) is 21.3. The Labute approximate surface area is 311 Å². The molecule has 0 radical (unpaired) electrons. The molecule has 4 rings (SSSR count). The standard InChI is InChI=1S/C42H68O7Si2/c1-13-14-20-36(45-31-18-16-15-17-19-31)40(44)47-37-27-33(48-50(9,10)41(3,4)5)25-30-22-21-29(2)35(39(30)37)24-23-32-26-34(28-38(43)46-32)49-51(11,12)42(6,7)8/h15-19,21-22,25,29,32-37,39H,13-14,20,23-24,26-28H2,1-12H3/t29?,32-,33?,34-,35?,36+,37?,39?/m1/s1. The van der Waals surface area contributed by atoms with Crippen molar-refractivity contribution < 1.29 is 32.7 Å². The van der Waals surface area contributed by atoms with Gasteiger partial charge in [-0.25, -0.2) is 4.79 Å². The van der Waals surface area contributed by atoms with Gasteiger partial charge in [-0.2, -0.15) is 0 Å². The third-order valence-electron chi connectivity index (χ3n) is 12.3. The second-order valence-electron chi connectivity index (χ2n) is 18.4. The van der Waals surface area contributed by atoms with Crippen LogP contribution in [0.5, 0.6) is 5.75 Å². The molecular formula is C42H68O7Si2. The maximum atomic E-state index is 14.1. The highest BCUT2D eigenvalue weighted by Crippen LogP contribution is 2.47. The Balaban J connectivity index is 1.58. The number of ether oxygens (including phenoxy) is 3. The predicted octanol–water partition coefficient (Wildman–Crippen LogP) is 10.6. The van der Waals surface area contributed by atoms with Gasteiger partial charge in [0.2, 0.25) is 0 Å². The fraction of sp³-hybridized carbons (Fsp3) is 0.714. The van der Waals surface area contributed by atoms with Crippen LogP contribution in [0.1, 0.15) is 107 Å². The number of para-hydroxylation sites is 1. The molecule has 9 heteroatoms. The van der Waals surface area contributed by atoms with E-state index in [-0.39, 0.29) is 64.2 Å². The van der Waals surface area contributed by atoms with E-state index in [0.717, 1.165) is 32.1 Å². The lowest BCUT2D eigenvalue weighted by Crippen LogP contribution is -2.49. The summed E-state index contributed by atoms with van der Waals surface area (Å²) < 4.78 is 32.5. The van der Waals surface area contributed by atoms with E-state index in [4.69, 9.17) is 23.1 Å². The van der Waals surface area contributed by atoms with Gasteiger partial charge in [0, 0.05) is 18.8 Å². The van der Waals surface area contributed by atoms with Crippen LogP contribution in [-0.2, 0) is 27.9 Å². The topological polar surface area (TPSA) is 80.3 Å². The normalized spacial score (nSPS) is 28.0. The first-order valence-electron chi connectivity index (χ1n) is 19.6. The molecule has 0 N–H and O–H groups in total. The van der Waals surface area contributed by atoms with E-state index in [1.165, 1.54) is 5.57 Å². The SMILES string of the molecule is CCCC[C@H](Oc1ccccc1)C(=O)OC1CC(O[Si](C)(C)C(C)(C)C)C=C2C=CC(C)C(CC[C@@H]3C[C@@H](O[Si](C)(C)C(C)(C)C)CC(=O)O3)C21. The molecule has 7 nitrogen and oxygen atoms in total. The zero-order valence-electron chi connectivity index (χ0n) is 33.8. The van der Waals surface area contributed by atoms with Crippen molar-refractivity contribution >= 4 is 28.6 Å². The van der Waals surface area contributed by atoms with Crippen molar-refractivity contribution in [3.8, 4) is 5.75 Å². The van der Waals surface area contributed by atoms with Gasteiger partial charge in [0.25, 0.3) is 0 Å². The van der Waals surface area contributed by atoms with Crippen LogP contribution < -0.4 is 4.74 Å². The summed E-state index contributed by atoms with van der Waals surface area (Å²) in [7, 11) is -4.15. The molecule has 0 amide bonds. The first-order valence-corrected chi connectivity index (χ1v) is 25.4. The van der Waals surface area contributed by atoms with Gasteiger partial charge in [-0.15, -0.1) is 0 Å². The Morgan fingerprint density at radius 3 is 2.22 bits per heavy atom. The van der Waals surface area contributed by atoms with E-state index in [0.29, 0.717) is 25.0 Å². The molecule has 3 aliphatic rings. The minimum Gasteiger partial charge on any atom is -0.479 e. The van der Waals surface area contributed by atoms with E-state index in [1.54, 1.807) is 0 Å². The first-order chi connectivity index (χ1) is 23.7. The fourth-order valence-electron chi connectivity index (χ4n) is 7.19. The Bertz CT molecular complexity index is 1370. The van der Waals surface area contributed by atoms with Crippen LogP contribution in [-0.4, -0.2) is 59.1 Å². The van der Waals surface area contributed by atoms with Crippen LogP contribution >= 0.6 is 0 Å². The van der Waals surface area contributed by atoms with Gasteiger partial charge in [0.15, 0.2) is 22.7 Å². The number of benzene rings is 1. The Morgan fingerprint density at radius 2 is 1.59 bits per heavy atom. The summed E-state index contributed by atoms with van der Waals surface area (Å²) in [6.45, 7) is 26.9. The zero-order chi connectivity index (χ0) is 37.8. The molecule has 1 heterocycles. The molecule has 286 valence electrons. The van der Waals surface area contributed by atoms with Gasteiger partial charge in [0.1, 0.15) is 18.0 Å². The van der Waals surface area contributed by atoms with Crippen molar-refractivity contribution in [2.45, 2.75) is 174 Å². The summed E-state index contributed by atoms with van der Waals surface area (Å²) in [5.41, 5.74) is 1.18. The van der Waals surface area contributed by atoms with Gasteiger partial charge in [-0.3, -0.25) is 4.79 Å². The van der Waals surface area contributed by atoms with Crippen molar-refractivity contribution in [3.05, 3.63) is 54.1 Å². The van der Waals surface area contributed by atoms with Crippen molar-refractivity contribution in [2.24, 2.45) is 17.8 Å². The summed E-state index contributed by atoms with van der Waals surface area (Å²) >= 11 is 0. The van der Waals surface area contributed by atoms with Gasteiger partial charge >= 0.3 is 11.9 Å². The number of esters is 2. The number of cyclic esters (lactones) is 1. The maximum Gasteiger partial charge on any atom is 0.347 e. The van der Waals surface area contributed by atoms with Crippen LogP contribution in [0.15, 0.2) is 54.1 Å². The van der Waals surface area contributed by atoms with Crippen molar-refractivity contribution in [2.75, 3.05) is 0 Å². The zero-order valence-corrected chi connectivity index (χ0v) is 35.8. The average Bonchev–Trinajstić information content (AvgIpc) is 3.01. The minimum absolute atomic E-state index is 0.00957. The number of rotatable bonds is 14. The molecule has 1 aromatic rings. The third kappa shape index (κ3) is 10.9. The average molecular weight is 741 g/mol. The number of carbonyl (C=O) groups is 2. The molecule has 0 saturated carbocycles. The van der Waals surface area contributed by atoms with Crippen molar-refractivity contribution in [1.82, 2.24) is 0 Å². The van der Waals surface area contributed by atoms with Gasteiger partial charge in [0.05, 0.1) is 18.6 Å². The Morgan fingerprint density at radius 1 is 0.941 bits per heavy atom. The van der Waals surface area contributed by atoms with Gasteiger partial charge < -0.3 is 23.1 Å². The molecule has 1 aliphatic heterocycles. The van der Waals surface area contributed by atoms with Crippen molar-refractivity contribution in [1.29, 1.82) is 0 Å². The lowest BCUT2D eigenvalue weighted by atomic mass is 9.66. The molecule has 5 unspecified atom stereocenters. The molecule has 0 aromatic heterocycles. The predicted molar refractivity (Wildman–Crippen MR) is 211 cm³/mol. The Hall–Kier alpha value is -2.21. The molecule has 1 aromatic carbocycles. The summed E-state index contributed by atoms with van der Waals surface area (Å²) in [5, 5.41) is 0.115. The summed E-state index contributed by atoms with van der Waals surface area (Å²) in [6.07, 6.45) is 11.0. The monoisotopic (exact) mass is 740 g/mol. The molecular weight excluding hydrogens is 673 g/mol. The number of hydrogen-bond acceptors (Lipinski definition) is 7. The fourth-order valence-corrected chi connectivity index (χ4v) is 9.83. The lowest BCUT2D eigenvalue weighted by Gasteiger charge is -2.46. The van der Waals surface area contributed by atoms with Gasteiger partial charge in [-0.05, 0) is 91.5 Å². The molecule has 1 saturated heterocycles. The molecule has 2 aliphatic carbocycles. The van der Waals surface area contributed by atoms with E-state index in [9.17, 15) is 9.59 Å². The quantitative estimate of drug-likeness (QED) is 0.139. The summed E-state index contributed by atoms with van der Waals surface area (Å²) in [6, 6.07) is 9.56. The van der Waals surface area contributed by atoms with Crippen LogP contribution in [0.2, 0.25) is 36.3 Å². The summed E-state index contributed by atoms with van der Waals surface area (Å²) in [4.78, 5) is 27.0. The highest BCUT2D eigenvalue weighted by atomic mass is 28.4. The number of allylic oxidation sites excluding steroid dienone is 2. The van der Waals surface area contributed by atoms with Crippen molar-refractivity contribution in [3.63, 3.8) is 0 Å². The molecule has 0 spiro atoms. The molecule has 1 fully saturated rings. The van der Waals surface area contributed by atoms with E-state index < -0.39 is 22.7 Å². The highest BCUT2D eigenvalue weighted by Gasteiger charge is 2.47.